The lowest BCUT2D eigenvalue weighted by Gasteiger charge is -2.11. The molecule has 2 fully saturated rings. The van der Waals surface area contributed by atoms with E-state index in [1.54, 1.807) is 11.8 Å². The first kappa shape index (κ1) is 10.9. The highest BCUT2D eigenvalue weighted by molar-refractivity contribution is 7.99. The maximum atomic E-state index is 11.7. The second kappa shape index (κ2) is 4.94. The second-order valence-electron chi connectivity index (χ2n) is 4.47. The number of thioether (sulfide) groups is 1. The summed E-state index contributed by atoms with van der Waals surface area (Å²) < 4.78 is 0. The van der Waals surface area contributed by atoms with E-state index in [9.17, 15) is 4.79 Å². The number of terminal acetylenes is 1. The van der Waals surface area contributed by atoms with E-state index in [-0.39, 0.29) is 5.91 Å². The molecule has 2 atom stereocenters. The highest BCUT2D eigenvalue weighted by atomic mass is 32.2. The summed E-state index contributed by atoms with van der Waals surface area (Å²) >= 11 is 1.70. The summed E-state index contributed by atoms with van der Waals surface area (Å²) in [6.45, 7) is 0.761. The molecule has 0 radical (unpaired) electrons. The predicted molar refractivity (Wildman–Crippen MR) is 63.5 cm³/mol. The average Bonchev–Trinajstić information content (AvgIpc) is 2.85. The van der Waals surface area contributed by atoms with Crippen LogP contribution in [-0.2, 0) is 4.79 Å². The SMILES string of the molecule is C#CCSCCNC(=O)C1CC2CC2C1. The molecule has 2 rings (SSSR count). The normalized spacial score (nSPS) is 31.8. The lowest BCUT2D eigenvalue weighted by molar-refractivity contribution is -0.124. The highest BCUT2D eigenvalue weighted by Crippen LogP contribution is 2.54. The van der Waals surface area contributed by atoms with Gasteiger partial charge in [0.25, 0.3) is 0 Å². The number of carbonyl (C=O) groups excluding carboxylic acids is 1. The molecule has 1 amide bonds. The van der Waals surface area contributed by atoms with Crippen LogP contribution in [0.15, 0.2) is 0 Å². The third-order valence-electron chi connectivity index (χ3n) is 3.35. The maximum absolute atomic E-state index is 11.7. The molecule has 2 aliphatic rings. The van der Waals surface area contributed by atoms with Gasteiger partial charge in [0, 0.05) is 18.2 Å². The second-order valence-corrected chi connectivity index (χ2v) is 5.58. The van der Waals surface area contributed by atoms with Gasteiger partial charge >= 0.3 is 0 Å². The van der Waals surface area contributed by atoms with E-state index in [1.807, 2.05) is 0 Å². The molecule has 3 heteroatoms. The van der Waals surface area contributed by atoms with Gasteiger partial charge in [-0.15, -0.1) is 18.2 Å². The molecule has 2 unspecified atom stereocenters. The predicted octanol–water partition coefficient (Wildman–Crippen LogP) is 1.52. The van der Waals surface area contributed by atoms with Gasteiger partial charge in [0.15, 0.2) is 0 Å². The summed E-state index contributed by atoms with van der Waals surface area (Å²) in [5.41, 5.74) is 0. The first-order chi connectivity index (χ1) is 7.31. The smallest absolute Gasteiger partial charge is 0.223 e. The van der Waals surface area contributed by atoms with Crippen LogP contribution in [0.1, 0.15) is 19.3 Å². The minimum Gasteiger partial charge on any atom is -0.355 e. The molecule has 0 heterocycles. The monoisotopic (exact) mass is 223 g/mol. The first-order valence-corrected chi connectivity index (χ1v) is 6.75. The third-order valence-corrected chi connectivity index (χ3v) is 4.21. The van der Waals surface area contributed by atoms with E-state index in [0.29, 0.717) is 5.92 Å². The number of fused-ring (bicyclic) bond motifs is 1. The fraction of sp³-hybridized carbons (Fsp3) is 0.750. The molecule has 82 valence electrons. The Balaban J connectivity index is 1.55. The number of hydrogen-bond acceptors (Lipinski definition) is 2. The van der Waals surface area contributed by atoms with E-state index in [0.717, 1.165) is 42.7 Å². The third kappa shape index (κ3) is 2.92. The zero-order valence-electron chi connectivity index (χ0n) is 8.87. The Bertz CT molecular complexity index is 274. The van der Waals surface area contributed by atoms with Crippen LogP contribution >= 0.6 is 11.8 Å². The summed E-state index contributed by atoms with van der Waals surface area (Å²) in [6.07, 6.45) is 8.77. The lowest BCUT2D eigenvalue weighted by Crippen LogP contribution is -2.31. The van der Waals surface area contributed by atoms with Crippen molar-refractivity contribution in [3.05, 3.63) is 0 Å². The zero-order chi connectivity index (χ0) is 10.7. The van der Waals surface area contributed by atoms with Crippen molar-refractivity contribution in [1.82, 2.24) is 5.32 Å². The fourth-order valence-corrected chi connectivity index (χ4v) is 2.96. The van der Waals surface area contributed by atoms with Crippen molar-refractivity contribution >= 4 is 17.7 Å². The molecular weight excluding hydrogens is 206 g/mol. The van der Waals surface area contributed by atoms with E-state index in [4.69, 9.17) is 6.42 Å². The molecule has 0 aromatic rings. The summed E-state index contributed by atoms with van der Waals surface area (Å²) in [6, 6.07) is 0. The van der Waals surface area contributed by atoms with Gasteiger partial charge in [-0.05, 0) is 31.1 Å². The van der Waals surface area contributed by atoms with Crippen LogP contribution in [0.5, 0.6) is 0 Å². The molecule has 15 heavy (non-hydrogen) atoms. The van der Waals surface area contributed by atoms with Crippen LogP contribution in [0.4, 0.5) is 0 Å². The van der Waals surface area contributed by atoms with Crippen molar-refractivity contribution in [2.45, 2.75) is 19.3 Å². The van der Waals surface area contributed by atoms with Gasteiger partial charge < -0.3 is 5.32 Å². The van der Waals surface area contributed by atoms with Gasteiger partial charge in [0.2, 0.25) is 5.91 Å². The van der Waals surface area contributed by atoms with Crippen molar-refractivity contribution in [2.24, 2.45) is 17.8 Å². The van der Waals surface area contributed by atoms with Gasteiger partial charge in [0.1, 0.15) is 0 Å². The molecule has 0 aliphatic heterocycles. The van der Waals surface area contributed by atoms with E-state index < -0.39 is 0 Å². The zero-order valence-corrected chi connectivity index (χ0v) is 9.69. The summed E-state index contributed by atoms with van der Waals surface area (Å²) in [5.74, 6) is 6.59. The molecule has 0 spiro atoms. The Kier molecular flexibility index (Phi) is 3.58. The fourth-order valence-electron chi connectivity index (χ4n) is 2.45. The molecule has 2 aliphatic carbocycles. The van der Waals surface area contributed by atoms with E-state index in [1.165, 1.54) is 6.42 Å². The minimum absolute atomic E-state index is 0.267. The molecule has 0 saturated heterocycles. The van der Waals surface area contributed by atoms with Gasteiger partial charge in [-0.2, -0.15) is 0 Å². The summed E-state index contributed by atoms with van der Waals surface area (Å²) in [5, 5.41) is 3.00. The van der Waals surface area contributed by atoms with Crippen LogP contribution < -0.4 is 5.32 Å². The maximum Gasteiger partial charge on any atom is 0.223 e. The number of rotatable bonds is 5. The summed E-state index contributed by atoms with van der Waals surface area (Å²) in [7, 11) is 0. The van der Waals surface area contributed by atoms with E-state index in [2.05, 4.69) is 11.2 Å². The van der Waals surface area contributed by atoms with Crippen molar-refractivity contribution < 1.29 is 4.79 Å². The van der Waals surface area contributed by atoms with Gasteiger partial charge in [-0.3, -0.25) is 4.79 Å². The standard InChI is InChI=1S/C12H17NOS/c1-2-4-15-5-3-13-12(14)11-7-9-6-10(9)8-11/h1,9-11H,3-8H2,(H,13,14). The Hall–Kier alpha value is -0.620. The quantitative estimate of drug-likeness (QED) is 0.565. The highest BCUT2D eigenvalue weighted by Gasteiger charge is 2.47. The molecule has 1 N–H and O–H groups in total. The number of hydrogen-bond donors (Lipinski definition) is 1. The number of carbonyl (C=O) groups is 1. The molecule has 0 aromatic heterocycles. The van der Waals surface area contributed by atoms with Crippen LogP contribution in [-0.4, -0.2) is 24.0 Å². The van der Waals surface area contributed by atoms with Crippen molar-refractivity contribution in [2.75, 3.05) is 18.1 Å². The van der Waals surface area contributed by atoms with Gasteiger partial charge in [-0.1, -0.05) is 5.92 Å². The minimum atomic E-state index is 0.267. The van der Waals surface area contributed by atoms with Crippen LogP contribution in [0, 0.1) is 30.1 Å². The Morgan fingerprint density at radius 1 is 1.40 bits per heavy atom. The van der Waals surface area contributed by atoms with Gasteiger partial charge in [0.05, 0.1) is 5.75 Å². The Morgan fingerprint density at radius 3 is 2.80 bits per heavy atom. The van der Waals surface area contributed by atoms with Gasteiger partial charge in [-0.25, -0.2) is 0 Å². The van der Waals surface area contributed by atoms with Crippen molar-refractivity contribution in [3.63, 3.8) is 0 Å². The summed E-state index contributed by atoms with van der Waals surface area (Å²) in [4.78, 5) is 11.7. The van der Waals surface area contributed by atoms with Crippen molar-refractivity contribution in [1.29, 1.82) is 0 Å². The Labute approximate surface area is 95.6 Å². The van der Waals surface area contributed by atoms with Crippen molar-refractivity contribution in [3.8, 4) is 12.3 Å². The number of amides is 1. The first-order valence-electron chi connectivity index (χ1n) is 5.60. The Morgan fingerprint density at radius 2 is 2.13 bits per heavy atom. The molecule has 2 nitrogen and oxygen atoms in total. The number of nitrogens with one attached hydrogen (secondary N) is 1. The average molecular weight is 223 g/mol. The molecule has 0 aromatic carbocycles. The van der Waals surface area contributed by atoms with E-state index >= 15 is 0 Å². The van der Waals surface area contributed by atoms with Crippen LogP contribution in [0.25, 0.3) is 0 Å². The molecular formula is C12H17NOS. The lowest BCUT2D eigenvalue weighted by atomic mass is 10.0. The molecule has 2 saturated carbocycles. The molecule has 0 bridgehead atoms. The van der Waals surface area contributed by atoms with Crippen LogP contribution in [0.2, 0.25) is 0 Å². The van der Waals surface area contributed by atoms with Crippen LogP contribution in [0.3, 0.4) is 0 Å². The topological polar surface area (TPSA) is 29.1 Å². The largest absolute Gasteiger partial charge is 0.355 e.